The first-order chi connectivity index (χ1) is 15.1. The van der Waals surface area contributed by atoms with Gasteiger partial charge in [-0.15, -0.1) is 11.3 Å². The van der Waals surface area contributed by atoms with E-state index in [0.717, 1.165) is 44.1 Å². The Labute approximate surface area is 191 Å². The molecule has 1 aliphatic rings. The molecule has 1 aliphatic heterocycles. The van der Waals surface area contributed by atoms with Crippen LogP contribution in [0.1, 0.15) is 18.5 Å². The van der Waals surface area contributed by atoms with Crippen LogP contribution in [0.5, 0.6) is 0 Å². The summed E-state index contributed by atoms with van der Waals surface area (Å²) in [5, 5.41) is 12.2. The third-order valence-corrected chi connectivity index (χ3v) is 6.81. The molecule has 1 saturated heterocycles. The van der Waals surface area contributed by atoms with Crippen molar-refractivity contribution >= 4 is 29.5 Å². The number of amides is 1. The Bertz CT molecular complexity index is 1020. The number of H-pyrrole nitrogens is 1. The zero-order chi connectivity index (χ0) is 21.6. The topological polar surface area (TPSA) is 69.2 Å². The summed E-state index contributed by atoms with van der Waals surface area (Å²) in [6.07, 6.45) is 0. The SMILES string of the molecule is CC(C(=O)NCCN1CCN(Cc2ccccc2)CC1)n1c(-c2cccs2)n[nH]c1=S. The summed E-state index contributed by atoms with van der Waals surface area (Å²) in [5.41, 5.74) is 1.36. The first-order valence-corrected chi connectivity index (χ1v) is 11.9. The molecule has 0 bridgehead atoms. The van der Waals surface area contributed by atoms with Crippen molar-refractivity contribution in [2.24, 2.45) is 0 Å². The summed E-state index contributed by atoms with van der Waals surface area (Å²) in [5.74, 6) is 0.662. The highest BCUT2D eigenvalue weighted by molar-refractivity contribution is 7.71. The molecule has 3 aromatic rings. The van der Waals surface area contributed by atoms with Gasteiger partial charge < -0.3 is 5.32 Å². The summed E-state index contributed by atoms with van der Waals surface area (Å²) in [4.78, 5) is 18.7. The van der Waals surface area contributed by atoms with Gasteiger partial charge in [0, 0.05) is 45.8 Å². The van der Waals surface area contributed by atoms with Gasteiger partial charge in [0.05, 0.1) is 4.88 Å². The van der Waals surface area contributed by atoms with Crippen LogP contribution in [0.3, 0.4) is 0 Å². The van der Waals surface area contributed by atoms with Crippen molar-refractivity contribution in [3.05, 3.63) is 58.2 Å². The molecule has 0 aliphatic carbocycles. The normalized spacial score (nSPS) is 16.3. The van der Waals surface area contributed by atoms with E-state index in [-0.39, 0.29) is 5.91 Å². The molecule has 0 radical (unpaired) electrons. The maximum absolute atomic E-state index is 12.8. The van der Waals surface area contributed by atoms with Gasteiger partial charge in [-0.2, -0.15) is 5.10 Å². The van der Waals surface area contributed by atoms with Crippen molar-refractivity contribution < 1.29 is 4.79 Å². The monoisotopic (exact) mass is 456 g/mol. The van der Waals surface area contributed by atoms with Gasteiger partial charge in [0.25, 0.3) is 0 Å². The third-order valence-electron chi connectivity index (χ3n) is 5.65. The highest BCUT2D eigenvalue weighted by Gasteiger charge is 2.22. The Morgan fingerprint density at radius 1 is 1.16 bits per heavy atom. The van der Waals surface area contributed by atoms with Crippen LogP contribution in [0.25, 0.3) is 10.7 Å². The molecule has 3 heterocycles. The number of aromatic amines is 1. The maximum Gasteiger partial charge on any atom is 0.242 e. The second-order valence-electron chi connectivity index (χ2n) is 7.77. The van der Waals surface area contributed by atoms with Crippen LogP contribution >= 0.6 is 23.6 Å². The average Bonchev–Trinajstić information content (AvgIpc) is 3.45. The number of aromatic nitrogens is 3. The number of benzene rings is 1. The molecule has 164 valence electrons. The van der Waals surface area contributed by atoms with E-state index in [0.29, 0.717) is 17.1 Å². The summed E-state index contributed by atoms with van der Waals surface area (Å²) < 4.78 is 2.25. The summed E-state index contributed by atoms with van der Waals surface area (Å²) >= 11 is 6.95. The lowest BCUT2D eigenvalue weighted by Crippen LogP contribution is -2.48. The lowest BCUT2D eigenvalue weighted by Gasteiger charge is -2.34. The molecular formula is C22H28N6OS2. The van der Waals surface area contributed by atoms with Crippen LogP contribution in [-0.4, -0.2) is 69.7 Å². The molecule has 4 rings (SSSR count). The number of hydrogen-bond donors (Lipinski definition) is 2. The van der Waals surface area contributed by atoms with Crippen LogP contribution < -0.4 is 5.32 Å². The van der Waals surface area contributed by atoms with Crippen molar-refractivity contribution in [3.8, 4) is 10.7 Å². The minimum atomic E-state index is -0.425. The third kappa shape index (κ3) is 5.48. The Morgan fingerprint density at radius 3 is 2.61 bits per heavy atom. The van der Waals surface area contributed by atoms with E-state index in [9.17, 15) is 4.79 Å². The second kappa shape index (κ2) is 10.3. The molecule has 1 unspecified atom stereocenters. The first-order valence-electron chi connectivity index (χ1n) is 10.6. The quantitative estimate of drug-likeness (QED) is 0.510. The van der Waals surface area contributed by atoms with Gasteiger partial charge in [0.15, 0.2) is 10.6 Å². The number of nitrogens with one attached hydrogen (secondary N) is 2. The molecule has 0 saturated carbocycles. The van der Waals surface area contributed by atoms with Crippen LogP contribution in [0.15, 0.2) is 47.8 Å². The largest absolute Gasteiger partial charge is 0.353 e. The van der Waals surface area contributed by atoms with Crippen molar-refractivity contribution in [1.29, 1.82) is 0 Å². The minimum absolute atomic E-state index is 0.0435. The zero-order valence-corrected chi connectivity index (χ0v) is 19.3. The Hall–Kier alpha value is -2.33. The maximum atomic E-state index is 12.8. The number of carbonyl (C=O) groups is 1. The highest BCUT2D eigenvalue weighted by atomic mass is 32.1. The molecule has 1 amide bonds. The van der Waals surface area contributed by atoms with E-state index in [4.69, 9.17) is 12.2 Å². The molecule has 1 aromatic carbocycles. The number of rotatable bonds is 8. The molecule has 1 fully saturated rings. The van der Waals surface area contributed by atoms with Gasteiger partial charge in [0.1, 0.15) is 6.04 Å². The van der Waals surface area contributed by atoms with Gasteiger partial charge in [-0.05, 0) is 36.2 Å². The van der Waals surface area contributed by atoms with Crippen molar-refractivity contribution in [2.75, 3.05) is 39.3 Å². The molecule has 0 spiro atoms. The smallest absolute Gasteiger partial charge is 0.242 e. The van der Waals surface area contributed by atoms with Crippen LogP contribution in [0, 0.1) is 4.77 Å². The first kappa shape index (κ1) is 21.9. The fourth-order valence-corrected chi connectivity index (χ4v) is 4.86. The van der Waals surface area contributed by atoms with Crippen molar-refractivity contribution in [2.45, 2.75) is 19.5 Å². The molecular weight excluding hydrogens is 428 g/mol. The number of piperazine rings is 1. The second-order valence-corrected chi connectivity index (χ2v) is 9.10. The minimum Gasteiger partial charge on any atom is -0.353 e. The standard InChI is InChI=1S/C22H28N6OS2/c1-17(28-20(24-25-22(28)30)19-8-5-15-31-19)21(29)23-9-10-26-11-13-27(14-12-26)16-18-6-3-2-4-7-18/h2-8,15,17H,9-14,16H2,1H3,(H,23,29)(H,25,30). The predicted molar refractivity (Wildman–Crippen MR) is 127 cm³/mol. The van der Waals surface area contributed by atoms with Gasteiger partial charge in [0.2, 0.25) is 5.91 Å². The van der Waals surface area contributed by atoms with Gasteiger partial charge >= 0.3 is 0 Å². The number of carbonyl (C=O) groups excluding carboxylic acids is 1. The van der Waals surface area contributed by atoms with E-state index in [1.54, 1.807) is 15.9 Å². The molecule has 7 nitrogen and oxygen atoms in total. The van der Waals surface area contributed by atoms with Crippen LogP contribution in [0.2, 0.25) is 0 Å². The lowest BCUT2D eigenvalue weighted by molar-refractivity contribution is -0.123. The van der Waals surface area contributed by atoms with Crippen molar-refractivity contribution in [1.82, 2.24) is 29.9 Å². The number of thiophene rings is 1. The van der Waals surface area contributed by atoms with E-state index < -0.39 is 6.04 Å². The van der Waals surface area contributed by atoms with E-state index >= 15 is 0 Å². The fraction of sp³-hybridized carbons (Fsp3) is 0.409. The summed E-state index contributed by atoms with van der Waals surface area (Å²) in [6.45, 7) is 8.48. The predicted octanol–water partition coefficient (Wildman–Crippen LogP) is 3.16. The average molecular weight is 457 g/mol. The van der Waals surface area contributed by atoms with Gasteiger partial charge in [-0.3, -0.25) is 24.3 Å². The van der Waals surface area contributed by atoms with Gasteiger partial charge in [-0.1, -0.05) is 36.4 Å². The van der Waals surface area contributed by atoms with Crippen LogP contribution in [-0.2, 0) is 11.3 Å². The molecule has 1 atom stereocenters. The lowest BCUT2D eigenvalue weighted by atomic mass is 10.2. The zero-order valence-electron chi connectivity index (χ0n) is 17.7. The van der Waals surface area contributed by atoms with E-state index in [1.165, 1.54) is 5.56 Å². The highest BCUT2D eigenvalue weighted by Crippen LogP contribution is 2.25. The van der Waals surface area contributed by atoms with E-state index in [2.05, 4.69) is 55.6 Å². The van der Waals surface area contributed by atoms with Crippen molar-refractivity contribution in [3.63, 3.8) is 0 Å². The van der Waals surface area contributed by atoms with Crippen LogP contribution in [0.4, 0.5) is 0 Å². The Kier molecular flexibility index (Phi) is 7.29. The molecule has 31 heavy (non-hydrogen) atoms. The number of nitrogens with zero attached hydrogens (tertiary/aromatic N) is 4. The van der Waals surface area contributed by atoms with E-state index in [1.807, 2.05) is 24.4 Å². The fourth-order valence-electron chi connectivity index (χ4n) is 3.86. The number of hydrogen-bond acceptors (Lipinski definition) is 6. The molecule has 2 aromatic heterocycles. The Morgan fingerprint density at radius 2 is 1.90 bits per heavy atom. The van der Waals surface area contributed by atoms with Gasteiger partial charge in [-0.25, -0.2) is 0 Å². The summed E-state index contributed by atoms with van der Waals surface area (Å²) in [6, 6.07) is 14.1. The molecule has 2 N–H and O–H groups in total. The summed E-state index contributed by atoms with van der Waals surface area (Å²) in [7, 11) is 0. The Balaban J connectivity index is 1.23. The molecule has 9 heteroatoms.